The Morgan fingerprint density at radius 1 is 0.946 bits per heavy atom. The maximum Gasteiger partial charge on any atom is 0.293 e. The van der Waals surface area contributed by atoms with E-state index in [9.17, 15) is 9.59 Å². The number of amides is 2. The summed E-state index contributed by atoms with van der Waals surface area (Å²) in [5.41, 5.74) is 2.41. The quantitative estimate of drug-likeness (QED) is 0.219. The SMILES string of the molecule is COc1cc(/C=C2\SC(=O)N(Cc3cccc(Cl)c3)C2=O)cc(Cl)c1OCc1cccc2ccccc12. The first-order valence-corrected chi connectivity index (χ1v) is 13.0. The Hall–Kier alpha value is -3.45. The van der Waals surface area contributed by atoms with Crippen molar-refractivity contribution in [3.05, 3.63) is 111 Å². The highest BCUT2D eigenvalue weighted by atomic mass is 35.5. The van der Waals surface area contributed by atoms with Crippen LogP contribution in [0, 0.1) is 0 Å². The molecule has 4 aromatic carbocycles. The lowest BCUT2D eigenvalue weighted by atomic mass is 10.1. The van der Waals surface area contributed by atoms with E-state index in [2.05, 4.69) is 18.2 Å². The molecule has 186 valence electrons. The normalized spacial score (nSPS) is 14.6. The number of halogens is 2. The first kappa shape index (κ1) is 25.2. The van der Waals surface area contributed by atoms with Gasteiger partial charge in [-0.15, -0.1) is 0 Å². The Morgan fingerprint density at radius 2 is 1.73 bits per heavy atom. The highest BCUT2D eigenvalue weighted by Gasteiger charge is 2.35. The van der Waals surface area contributed by atoms with Crippen LogP contribution in [0.1, 0.15) is 16.7 Å². The Labute approximate surface area is 228 Å². The summed E-state index contributed by atoms with van der Waals surface area (Å²) < 4.78 is 11.6. The molecule has 0 atom stereocenters. The van der Waals surface area contributed by atoms with Crippen LogP contribution in [-0.2, 0) is 17.9 Å². The van der Waals surface area contributed by atoms with Crippen LogP contribution in [0.15, 0.2) is 83.8 Å². The number of nitrogens with zero attached hydrogens (tertiary/aromatic N) is 1. The number of carbonyl (C=O) groups excluding carboxylic acids is 2. The Morgan fingerprint density at radius 3 is 2.54 bits per heavy atom. The first-order valence-electron chi connectivity index (χ1n) is 11.4. The van der Waals surface area contributed by atoms with Gasteiger partial charge in [0, 0.05) is 5.02 Å². The zero-order chi connectivity index (χ0) is 25.9. The second kappa shape index (κ2) is 10.9. The second-order valence-corrected chi connectivity index (χ2v) is 10.2. The summed E-state index contributed by atoms with van der Waals surface area (Å²) in [6, 6.07) is 24.6. The van der Waals surface area contributed by atoms with E-state index in [0.717, 1.165) is 33.7 Å². The molecule has 1 saturated heterocycles. The van der Waals surface area contributed by atoms with Crippen LogP contribution in [0.5, 0.6) is 11.5 Å². The minimum atomic E-state index is -0.374. The number of thioether (sulfide) groups is 1. The molecular weight excluding hydrogens is 529 g/mol. The summed E-state index contributed by atoms with van der Waals surface area (Å²) >= 11 is 13.5. The summed E-state index contributed by atoms with van der Waals surface area (Å²) in [5.74, 6) is 0.460. The molecule has 0 aromatic heterocycles. The summed E-state index contributed by atoms with van der Waals surface area (Å²) in [7, 11) is 1.53. The van der Waals surface area contributed by atoms with Crippen molar-refractivity contribution in [2.75, 3.05) is 7.11 Å². The summed E-state index contributed by atoms with van der Waals surface area (Å²) in [4.78, 5) is 27.0. The molecule has 1 fully saturated rings. The van der Waals surface area contributed by atoms with Gasteiger partial charge in [0.25, 0.3) is 11.1 Å². The Balaban J connectivity index is 1.36. The first-order chi connectivity index (χ1) is 17.9. The van der Waals surface area contributed by atoms with Gasteiger partial charge < -0.3 is 9.47 Å². The topological polar surface area (TPSA) is 55.8 Å². The molecule has 5 rings (SSSR count). The number of fused-ring (bicyclic) bond motifs is 1. The Kier molecular flexibility index (Phi) is 7.42. The number of hydrogen-bond acceptors (Lipinski definition) is 5. The van der Waals surface area contributed by atoms with Crippen LogP contribution in [0.2, 0.25) is 10.0 Å². The van der Waals surface area contributed by atoms with Gasteiger partial charge in [-0.2, -0.15) is 0 Å². The molecule has 0 spiro atoms. The fourth-order valence-electron chi connectivity index (χ4n) is 4.14. The minimum Gasteiger partial charge on any atom is -0.493 e. The largest absolute Gasteiger partial charge is 0.493 e. The molecule has 0 N–H and O–H groups in total. The van der Waals surface area contributed by atoms with Gasteiger partial charge in [-0.25, -0.2) is 0 Å². The average Bonchev–Trinajstić information content (AvgIpc) is 3.15. The standard InChI is InChI=1S/C29H21Cl2NO4S/c1-35-25-14-19(15-26-28(33)32(29(34)37-26)16-18-6-4-10-22(30)12-18)13-24(31)27(25)36-17-21-9-5-8-20-7-2-3-11-23(20)21/h2-15H,16-17H2,1H3/b26-15-. The molecule has 1 aliphatic rings. The van der Waals surface area contributed by atoms with E-state index in [1.54, 1.807) is 36.4 Å². The molecule has 8 heteroatoms. The Bertz CT molecular complexity index is 1550. The van der Waals surface area contributed by atoms with Crippen molar-refractivity contribution >= 4 is 63.0 Å². The van der Waals surface area contributed by atoms with Crippen LogP contribution < -0.4 is 9.47 Å². The number of carbonyl (C=O) groups is 2. The summed E-state index contributed by atoms with van der Waals surface area (Å²) in [6.45, 7) is 0.451. The molecule has 0 bridgehead atoms. The fraction of sp³-hybridized carbons (Fsp3) is 0.103. The third-order valence-corrected chi connectivity index (χ3v) is 7.33. The van der Waals surface area contributed by atoms with Crippen LogP contribution in [-0.4, -0.2) is 23.2 Å². The lowest BCUT2D eigenvalue weighted by Gasteiger charge is -2.15. The van der Waals surface area contributed by atoms with Gasteiger partial charge in [0.2, 0.25) is 0 Å². The smallest absolute Gasteiger partial charge is 0.293 e. The molecule has 0 aliphatic carbocycles. The molecule has 0 unspecified atom stereocenters. The predicted molar refractivity (Wildman–Crippen MR) is 149 cm³/mol. The molecule has 1 aliphatic heterocycles. The van der Waals surface area contributed by atoms with Gasteiger partial charge in [0.15, 0.2) is 11.5 Å². The molecular formula is C29H21Cl2NO4S. The second-order valence-electron chi connectivity index (χ2n) is 8.36. The van der Waals surface area contributed by atoms with Crippen molar-refractivity contribution in [1.82, 2.24) is 4.90 Å². The zero-order valence-electron chi connectivity index (χ0n) is 19.7. The highest BCUT2D eigenvalue weighted by molar-refractivity contribution is 8.18. The van der Waals surface area contributed by atoms with E-state index in [1.165, 1.54) is 12.0 Å². The molecule has 5 nitrogen and oxygen atoms in total. The van der Waals surface area contributed by atoms with Crippen LogP contribution in [0.3, 0.4) is 0 Å². The van der Waals surface area contributed by atoms with Crippen molar-refractivity contribution in [3.63, 3.8) is 0 Å². The van der Waals surface area contributed by atoms with Crippen LogP contribution in [0.25, 0.3) is 16.8 Å². The molecule has 0 radical (unpaired) electrons. The predicted octanol–water partition coefficient (Wildman–Crippen LogP) is 7.97. The van der Waals surface area contributed by atoms with E-state index in [0.29, 0.717) is 38.6 Å². The van der Waals surface area contributed by atoms with E-state index in [4.69, 9.17) is 32.7 Å². The molecule has 37 heavy (non-hydrogen) atoms. The fourth-order valence-corrected chi connectivity index (χ4v) is 5.46. The maximum absolute atomic E-state index is 13.0. The van der Waals surface area contributed by atoms with E-state index in [1.807, 2.05) is 30.3 Å². The van der Waals surface area contributed by atoms with Crippen molar-refractivity contribution < 1.29 is 19.1 Å². The molecule has 1 heterocycles. The van der Waals surface area contributed by atoms with E-state index < -0.39 is 0 Å². The number of rotatable bonds is 7. The van der Waals surface area contributed by atoms with Crippen molar-refractivity contribution in [1.29, 1.82) is 0 Å². The number of methoxy groups -OCH3 is 1. The van der Waals surface area contributed by atoms with E-state index >= 15 is 0 Å². The van der Waals surface area contributed by atoms with Crippen molar-refractivity contribution in [2.45, 2.75) is 13.2 Å². The third kappa shape index (κ3) is 5.47. The number of ether oxygens (including phenoxy) is 2. The van der Waals surface area contributed by atoms with Crippen LogP contribution >= 0.6 is 35.0 Å². The van der Waals surface area contributed by atoms with Crippen molar-refractivity contribution in [2.24, 2.45) is 0 Å². The minimum absolute atomic E-state index is 0.146. The number of hydrogen-bond donors (Lipinski definition) is 0. The van der Waals surface area contributed by atoms with Gasteiger partial charge in [0.05, 0.1) is 23.6 Å². The lowest BCUT2D eigenvalue weighted by Crippen LogP contribution is -2.27. The number of imide groups is 1. The zero-order valence-corrected chi connectivity index (χ0v) is 22.1. The van der Waals surface area contributed by atoms with Gasteiger partial charge in [-0.3, -0.25) is 14.5 Å². The monoisotopic (exact) mass is 549 g/mol. The number of benzene rings is 4. The summed E-state index contributed by atoms with van der Waals surface area (Å²) in [5, 5.41) is 2.77. The average molecular weight is 550 g/mol. The molecule has 0 saturated carbocycles. The summed E-state index contributed by atoms with van der Waals surface area (Å²) in [6.07, 6.45) is 1.63. The highest BCUT2D eigenvalue weighted by Crippen LogP contribution is 2.40. The van der Waals surface area contributed by atoms with Gasteiger partial charge in [-0.1, -0.05) is 77.8 Å². The van der Waals surface area contributed by atoms with Gasteiger partial charge >= 0.3 is 0 Å². The lowest BCUT2D eigenvalue weighted by molar-refractivity contribution is -0.123. The third-order valence-electron chi connectivity index (χ3n) is 5.90. The van der Waals surface area contributed by atoms with Gasteiger partial charge in [-0.05, 0) is 69.6 Å². The van der Waals surface area contributed by atoms with Gasteiger partial charge in [0.1, 0.15) is 6.61 Å². The van der Waals surface area contributed by atoms with Crippen molar-refractivity contribution in [3.8, 4) is 11.5 Å². The molecule has 4 aromatic rings. The maximum atomic E-state index is 13.0. The molecule has 2 amide bonds. The van der Waals surface area contributed by atoms with Crippen LogP contribution in [0.4, 0.5) is 4.79 Å². The van der Waals surface area contributed by atoms with E-state index in [-0.39, 0.29) is 17.7 Å².